The van der Waals surface area contributed by atoms with E-state index in [1.54, 1.807) is 18.2 Å². The fraction of sp³-hybridized carbons (Fsp3) is 0.261. The van der Waals surface area contributed by atoms with Crippen molar-refractivity contribution in [2.45, 2.75) is 30.3 Å². The quantitative estimate of drug-likeness (QED) is 0.537. The van der Waals surface area contributed by atoms with Gasteiger partial charge in [0.25, 0.3) is 11.8 Å². The van der Waals surface area contributed by atoms with Crippen molar-refractivity contribution in [1.82, 2.24) is 15.6 Å². The van der Waals surface area contributed by atoms with Crippen LogP contribution in [-0.2, 0) is 4.79 Å². The number of nitrogens with one attached hydrogen (secondary N) is 2. The minimum absolute atomic E-state index is 0.126. The van der Waals surface area contributed by atoms with E-state index in [0.29, 0.717) is 40.9 Å². The SMILES string of the molecule is O=C(COc1ccc(Cl)c(Cl)c1)NC12CC(NC(=O)c3cnc(-c4ccccc4)o3)(C1)C2. The molecule has 164 valence electrons. The molecule has 6 rings (SSSR count). The molecule has 0 aliphatic heterocycles. The molecule has 32 heavy (non-hydrogen) atoms. The Hall–Kier alpha value is -3.03. The Bertz CT molecular complexity index is 1180. The fourth-order valence-electron chi connectivity index (χ4n) is 4.50. The van der Waals surface area contributed by atoms with Gasteiger partial charge in [0.2, 0.25) is 11.7 Å². The summed E-state index contributed by atoms with van der Waals surface area (Å²) in [6.45, 7) is -0.126. The highest BCUT2D eigenvalue weighted by molar-refractivity contribution is 6.42. The van der Waals surface area contributed by atoms with E-state index in [-0.39, 0.29) is 35.3 Å². The van der Waals surface area contributed by atoms with Crippen molar-refractivity contribution in [3.63, 3.8) is 0 Å². The van der Waals surface area contributed by atoms with Crippen LogP contribution in [0.2, 0.25) is 10.0 Å². The summed E-state index contributed by atoms with van der Waals surface area (Å²) in [6.07, 6.45) is 3.44. The van der Waals surface area contributed by atoms with Gasteiger partial charge in [0.15, 0.2) is 6.61 Å². The smallest absolute Gasteiger partial charge is 0.289 e. The van der Waals surface area contributed by atoms with Crippen LogP contribution in [0.4, 0.5) is 0 Å². The Morgan fingerprint density at radius 2 is 1.72 bits per heavy atom. The Morgan fingerprint density at radius 1 is 1.00 bits per heavy atom. The molecule has 3 aliphatic carbocycles. The Kier molecular flexibility index (Phi) is 5.10. The van der Waals surface area contributed by atoms with Crippen LogP contribution in [0.25, 0.3) is 11.5 Å². The first-order chi connectivity index (χ1) is 15.4. The van der Waals surface area contributed by atoms with Gasteiger partial charge in [-0.3, -0.25) is 9.59 Å². The number of hydrogen-bond donors (Lipinski definition) is 2. The third kappa shape index (κ3) is 3.94. The van der Waals surface area contributed by atoms with Gasteiger partial charge in [0.05, 0.1) is 16.2 Å². The normalized spacial score (nSPS) is 22.9. The molecule has 2 aromatic carbocycles. The second-order valence-corrected chi connectivity index (χ2v) is 9.17. The van der Waals surface area contributed by atoms with E-state index < -0.39 is 0 Å². The minimum Gasteiger partial charge on any atom is -0.484 e. The summed E-state index contributed by atoms with van der Waals surface area (Å²) in [4.78, 5) is 29.1. The van der Waals surface area contributed by atoms with Gasteiger partial charge in [-0.15, -0.1) is 0 Å². The molecular weight excluding hydrogens is 453 g/mol. The lowest BCUT2D eigenvalue weighted by molar-refractivity contribution is -0.141. The summed E-state index contributed by atoms with van der Waals surface area (Å²) in [5, 5.41) is 6.82. The number of benzene rings is 2. The molecule has 9 heteroatoms. The molecule has 7 nitrogen and oxygen atoms in total. The number of aromatic nitrogens is 1. The number of hydrogen-bond acceptors (Lipinski definition) is 5. The van der Waals surface area contributed by atoms with Crippen LogP contribution < -0.4 is 15.4 Å². The van der Waals surface area contributed by atoms with Crippen molar-refractivity contribution in [1.29, 1.82) is 0 Å². The van der Waals surface area contributed by atoms with E-state index in [9.17, 15) is 9.59 Å². The summed E-state index contributed by atoms with van der Waals surface area (Å²) < 4.78 is 11.1. The highest BCUT2D eigenvalue weighted by Crippen LogP contribution is 2.60. The average molecular weight is 472 g/mol. The molecule has 3 saturated carbocycles. The number of rotatable bonds is 7. The predicted octanol–water partition coefficient (Wildman–Crippen LogP) is 4.25. The monoisotopic (exact) mass is 471 g/mol. The Labute approximate surface area is 194 Å². The van der Waals surface area contributed by atoms with E-state index in [2.05, 4.69) is 15.6 Å². The van der Waals surface area contributed by atoms with Crippen LogP contribution in [0.5, 0.6) is 5.75 Å². The van der Waals surface area contributed by atoms with Gasteiger partial charge in [0, 0.05) is 22.7 Å². The molecule has 0 unspecified atom stereocenters. The van der Waals surface area contributed by atoms with E-state index in [4.69, 9.17) is 32.4 Å². The standard InChI is InChI=1S/C23H19Cl2N3O4/c24-16-7-6-15(8-17(16)25)31-10-19(29)27-22-11-23(12-22,13-22)28-20(30)18-9-26-21(32-18)14-4-2-1-3-5-14/h1-9H,10-13H2,(H,27,29)(H,28,30). The number of nitrogens with zero attached hydrogens (tertiary/aromatic N) is 1. The zero-order valence-electron chi connectivity index (χ0n) is 16.9. The first-order valence-corrected chi connectivity index (χ1v) is 10.8. The van der Waals surface area contributed by atoms with Crippen molar-refractivity contribution in [3.05, 3.63) is 70.5 Å². The molecule has 2 amide bonds. The molecule has 3 fully saturated rings. The fourth-order valence-corrected chi connectivity index (χ4v) is 4.78. The average Bonchev–Trinajstić information content (AvgIpc) is 3.23. The molecule has 3 aromatic rings. The number of oxazole rings is 1. The maximum absolute atomic E-state index is 12.6. The Balaban J connectivity index is 1.10. The molecule has 1 aromatic heterocycles. The van der Waals surface area contributed by atoms with Crippen molar-refractivity contribution >= 4 is 35.0 Å². The van der Waals surface area contributed by atoms with Gasteiger partial charge >= 0.3 is 0 Å². The van der Waals surface area contributed by atoms with Crippen LogP contribution in [0, 0.1) is 0 Å². The van der Waals surface area contributed by atoms with E-state index in [1.165, 1.54) is 6.20 Å². The zero-order valence-corrected chi connectivity index (χ0v) is 18.4. The summed E-state index contributed by atoms with van der Waals surface area (Å²) in [5.74, 6) is 0.513. The maximum atomic E-state index is 12.6. The lowest BCUT2D eigenvalue weighted by atomic mass is 9.44. The predicted molar refractivity (Wildman–Crippen MR) is 119 cm³/mol. The van der Waals surface area contributed by atoms with Crippen LogP contribution in [0.3, 0.4) is 0 Å². The molecule has 2 bridgehead atoms. The van der Waals surface area contributed by atoms with Gasteiger partial charge in [-0.25, -0.2) is 4.98 Å². The highest BCUT2D eigenvalue weighted by Gasteiger charge is 2.69. The number of carbonyl (C=O) groups excluding carboxylic acids is 2. The number of ether oxygens (including phenoxy) is 1. The Morgan fingerprint density at radius 3 is 2.44 bits per heavy atom. The molecule has 0 atom stereocenters. The van der Waals surface area contributed by atoms with Gasteiger partial charge in [-0.2, -0.15) is 0 Å². The third-order valence-electron chi connectivity index (χ3n) is 5.82. The second-order valence-electron chi connectivity index (χ2n) is 8.35. The minimum atomic E-state index is -0.311. The maximum Gasteiger partial charge on any atom is 0.289 e. The van der Waals surface area contributed by atoms with Crippen LogP contribution in [-0.4, -0.2) is 34.5 Å². The van der Waals surface area contributed by atoms with E-state index in [1.807, 2.05) is 30.3 Å². The van der Waals surface area contributed by atoms with Crippen molar-refractivity contribution in [3.8, 4) is 17.2 Å². The summed E-state index contributed by atoms with van der Waals surface area (Å²) >= 11 is 11.8. The molecule has 2 N–H and O–H groups in total. The van der Waals surface area contributed by atoms with Gasteiger partial charge < -0.3 is 19.8 Å². The first-order valence-electron chi connectivity index (χ1n) is 10.1. The third-order valence-corrected chi connectivity index (χ3v) is 6.56. The number of halogens is 2. The zero-order chi connectivity index (χ0) is 22.3. The van der Waals surface area contributed by atoms with Crippen molar-refractivity contribution < 1.29 is 18.7 Å². The lowest BCUT2D eigenvalue weighted by Crippen LogP contribution is -2.84. The lowest BCUT2D eigenvalue weighted by Gasteiger charge is -2.70. The van der Waals surface area contributed by atoms with Crippen molar-refractivity contribution in [2.75, 3.05) is 6.61 Å². The van der Waals surface area contributed by atoms with Gasteiger partial charge in [0.1, 0.15) is 5.75 Å². The van der Waals surface area contributed by atoms with E-state index in [0.717, 1.165) is 5.56 Å². The largest absolute Gasteiger partial charge is 0.484 e. The number of amides is 2. The molecule has 0 saturated heterocycles. The van der Waals surface area contributed by atoms with Gasteiger partial charge in [-0.1, -0.05) is 41.4 Å². The van der Waals surface area contributed by atoms with Crippen LogP contribution >= 0.6 is 23.2 Å². The van der Waals surface area contributed by atoms with Crippen molar-refractivity contribution in [2.24, 2.45) is 0 Å². The highest BCUT2D eigenvalue weighted by atomic mass is 35.5. The topological polar surface area (TPSA) is 93.5 Å². The van der Waals surface area contributed by atoms with Crippen LogP contribution in [0.15, 0.2) is 59.1 Å². The first kappa shape index (κ1) is 20.8. The molecule has 0 radical (unpaired) electrons. The van der Waals surface area contributed by atoms with Crippen LogP contribution in [0.1, 0.15) is 29.8 Å². The van der Waals surface area contributed by atoms with E-state index >= 15 is 0 Å². The molecule has 0 spiro atoms. The summed E-state index contributed by atoms with van der Waals surface area (Å²) in [7, 11) is 0. The summed E-state index contributed by atoms with van der Waals surface area (Å²) in [6, 6.07) is 14.2. The summed E-state index contributed by atoms with van der Waals surface area (Å²) in [5.41, 5.74) is 0.207. The van der Waals surface area contributed by atoms with Gasteiger partial charge in [-0.05, 0) is 43.5 Å². The number of carbonyl (C=O) groups is 2. The molecule has 1 heterocycles. The second kappa shape index (κ2) is 7.83. The molecule has 3 aliphatic rings. The molecular formula is C23H19Cl2N3O4.